The summed E-state index contributed by atoms with van der Waals surface area (Å²) in [7, 11) is 0. The molecule has 31 heavy (non-hydrogen) atoms. The van der Waals surface area contributed by atoms with Gasteiger partial charge in [-0.1, -0.05) is 103 Å². The van der Waals surface area contributed by atoms with Crippen molar-refractivity contribution in [1.82, 2.24) is 0 Å². The summed E-state index contributed by atoms with van der Waals surface area (Å²) < 4.78 is 0. The first-order valence-electron chi connectivity index (χ1n) is 10.5. The van der Waals surface area contributed by atoms with Crippen LogP contribution in [0.3, 0.4) is 0 Å². The molecular weight excluding hydrogens is 374 g/mol. The Bertz CT molecular complexity index is 1260. The molecule has 0 saturated carbocycles. The summed E-state index contributed by atoms with van der Waals surface area (Å²) in [5.41, 5.74) is 5.84. The fraction of sp³-hybridized carbons (Fsp3) is 0. The molecule has 0 saturated heterocycles. The number of para-hydroxylation sites is 2. The molecule has 1 heteroatoms. The van der Waals surface area contributed by atoms with E-state index in [0.717, 1.165) is 17.1 Å². The van der Waals surface area contributed by atoms with Crippen LogP contribution >= 0.6 is 0 Å². The third-order valence-corrected chi connectivity index (χ3v) is 5.46. The van der Waals surface area contributed by atoms with Gasteiger partial charge in [-0.2, -0.15) is 0 Å². The van der Waals surface area contributed by atoms with Crippen LogP contribution in [0.5, 0.6) is 0 Å². The van der Waals surface area contributed by atoms with Gasteiger partial charge in [0, 0.05) is 17.1 Å². The van der Waals surface area contributed by atoms with Crippen LogP contribution in [0, 0.1) is 0 Å². The van der Waals surface area contributed by atoms with E-state index in [4.69, 9.17) is 0 Å². The Morgan fingerprint density at radius 2 is 0.968 bits per heavy atom. The second-order valence-electron chi connectivity index (χ2n) is 7.50. The van der Waals surface area contributed by atoms with Crippen molar-refractivity contribution in [2.45, 2.75) is 0 Å². The predicted octanol–water partition coefficient (Wildman–Crippen LogP) is 8.48. The maximum atomic E-state index is 2.28. The van der Waals surface area contributed by atoms with E-state index in [1.807, 2.05) is 12.1 Å². The molecule has 0 aromatic heterocycles. The van der Waals surface area contributed by atoms with Crippen molar-refractivity contribution >= 4 is 40.0 Å². The quantitative estimate of drug-likeness (QED) is 0.269. The molecule has 5 rings (SSSR count). The third-order valence-electron chi connectivity index (χ3n) is 5.46. The molecule has 0 aliphatic heterocycles. The van der Waals surface area contributed by atoms with Crippen LogP contribution in [0.1, 0.15) is 11.1 Å². The highest BCUT2D eigenvalue weighted by atomic mass is 15.1. The monoisotopic (exact) mass is 397 g/mol. The summed E-state index contributed by atoms with van der Waals surface area (Å²) in [5.74, 6) is 0. The van der Waals surface area contributed by atoms with E-state index in [1.54, 1.807) is 0 Å². The van der Waals surface area contributed by atoms with Crippen LogP contribution in [0.2, 0.25) is 0 Å². The Balaban J connectivity index is 1.46. The minimum absolute atomic E-state index is 1.14. The first-order valence-corrected chi connectivity index (χ1v) is 10.5. The summed E-state index contributed by atoms with van der Waals surface area (Å²) in [5, 5.41) is 2.54. The van der Waals surface area contributed by atoms with E-state index in [0.29, 0.717) is 0 Å². The number of hydrogen-bond acceptors (Lipinski definition) is 1. The number of anilines is 3. The number of fused-ring (bicyclic) bond motifs is 1. The van der Waals surface area contributed by atoms with E-state index in [2.05, 4.69) is 132 Å². The fourth-order valence-electron chi connectivity index (χ4n) is 3.92. The SMILES string of the molecule is C(=Cc1cccc2ccccc12)c1ccc(N(c2ccccc2)c2ccccc2)cc1. The molecule has 0 fully saturated rings. The molecule has 5 aromatic carbocycles. The predicted molar refractivity (Wildman–Crippen MR) is 134 cm³/mol. The summed E-state index contributed by atoms with van der Waals surface area (Å²) in [6, 6.07) is 44.6. The smallest absolute Gasteiger partial charge is 0.0462 e. The van der Waals surface area contributed by atoms with Crippen molar-refractivity contribution in [3.8, 4) is 0 Å². The number of rotatable bonds is 5. The highest BCUT2D eigenvalue weighted by Crippen LogP contribution is 2.34. The molecule has 0 amide bonds. The molecule has 0 atom stereocenters. The molecule has 0 spiro atoms. The van der Waals surface area contributed by atoms with Crippen LogP contribution in [0.25, 0.3) is 22.9 Å². The lowest BCUT2D eigenvalue weighted by Crippen LogP contribution is -2.09. The molecule has 0 heterocycles. The van der Waals surface area contributed by atoms with Gasteiger partial charge in [0.25, 0.3) is 0 Å². The van der Waals surface area contributed by atoms with Crippen LogP contribution in [-0.4, -0.2) is 0 Å². The normalized spacial score (nSPS) is 11.1. The average Bonchev–Trinajstić information content (AvgIpc) is 2.85. The number of hydrogen-bond donors (Lipinski definition) is 0. The summed E-state index contributed by atoms with van der Waals surface area (Å²) in [4.78, 5) is 2.28. The standard InChI is InChI=1S/C30H23N/c1-3-13-27(14-4-1)31(28-15-5-2-6-16-28)29-22-19-24(20-23-29)18-21-26-12-9-11-25-10-7-8-17-30(25)26/h1-23H. The van der Waals surface area contributed by atoms with Gasteiger partial charge in [-0.25, -0.2) is 0 Å². The molecule has 0 unspecified atom stereocenters. The Morgan fingerprint density at radius 3 is 1.65 bits per heavy atom. The van der Waals surface area contributed by atoms with Gasteiger partial charge < -0.3 is 4.90 Å². The van der Waals surface area contributed by atoms with Crippen molar-refractivity contribution in [3.05, 3.63) is 139 Å². The van der Waals surface area contributed by atoms with Crippen LogP contribution in [0.4, 0.5) is 17.1 Å². The average molecular weight is 398 g/mol. The summed E-state index contributed by atoms with van der Waals surface area (Å²) in [6.07, 6.45) is 4.38. The topological polar surface area (TPSA) is 3.24 Å². The molecule has 1 nitrogen and oxygen atoms in total. The zero-order valence-electron chi connectivity index (χ0n) is 17.2. The largest absolute Gasteiger partial charge is 0.311 e. The van der Waals surface area contributed by atoms with Gasteiger partial charge in [-0.05, 0) is 58.3 Å². The van der Waals surface area contributed by atoms with Gasteiger partial charge in [0.05, 0.1) is 0 Å². The van der Waals surface area contributed by atoms with Crippen LogP contribution in [-0.2, 0) is 0 Å². The molecule has 0 aliphatic rings. The van der Waals surface area contributed by atoms with Gasteiger partial charge in [0.1, 0.15) is 0 Å². The van der Waals surface area contributed by atoms with Crippen molar-refractivity contribution in [1.29, 1.82) is 0 Å². The van der Waals surface area contributed by atoms with E-state index >= 15 is 0 Å². The Hall–Kier alpha value is -4.10. The van der Waals surface area contributed by atoms with Crippen LogP contribution < -0.4 is 4.90 Å². The van der Waals surface area contributed by atoms with E-state index < -0.39 is 0 Å². The van der Waals surface area contributed by atoms with Gasteiger partial charge >= 0.3 is 0 Å². The second kappa shape index (κ2) is 8.73. The first-order chi connectivity index (χ1) is 15.4. The van der Waals surface area contributed by atoms with E-state index in [9.17, 15) is 0 Å². The minimum Gasteiger partial charge on any atom is -0.311 e. The zero-order chi connectivity index (χ0) is 20.9. The molecule has 5 aromatic rings. The highest BCUT2D eigenvalue weighted by molar-refractivity contribution is 5.92. The molecule has 0 N–H and O–H groups in total. The summed E-state index contributed by atoms with van der Waals surface area (Å²) >= 11 is 0. The Kier molecular flexibility index (Phi) is 5.32. The van der Waals surface area contributed by atoms with Gasteiger partial charge in [-0.15, -0.1) is 0 Å². The van der Waals surface area contributed by atoms with Gasteiger partial charge in [0.15, 0.2) is 0 Å². The third kappa shape index (κ3) is 4.12. The molecule has 148 valence electrons. The Labute approximate surface area is 183 Å². The van der Waals surface area contributed by atoms with E-state index in [1.165, 1.54) is 21.9 Å². The molecular formula is C30H23N. The Morgan fingerprint density at radius 1 is 0.419 bits per heavy atom. The minimum atomic E-state index is 1.14. The molecule has 0 radical (unpaired) electrons. The maximum absolute atomic E-state index is 2.28. The van der Waals surface area contributed by atoms with Gasteiger partial charge in [0.2, 0.25) is 0 Å². The first kappa shape index (κ1) is 18.9. The maximum Gasteiger partial charge on any atom is 0.0462 e. The zero-order valence-corrected chi connectivity index (χ0v) is 17.2. The fourth-order valence-corrected chi connectivity index (χ4v) is 3.92. The summed E-state index contributed by atoms with van der Waals surface area (Å²) in [6.45, 7) is 0. The number of nitrogens with zero attached hydrogens (tertiary/aromatic N) is 1. The molecule has 0 bridgehead atoms. The van der Waals surface area contributed by atoms with E-state index in [-0.39, 0.29) is 0 Å². The second-order valence-corrected chi connectivity index (χ2v) is 7.50. The highest BCUT2D eigenvalue weighted by Gasteiger charge is 2.11. The lowest BCUT2D eigenvalue weighted by molar-refractivity contribution is 1.28. The van der Waals surface area contributed by atoms with Crippen molar-refractivity contribution in [2.75, 3.05) is 4.90 Å². The van der Waals surface area contributed by atoms with Gasteiger partial charge in [-0.3, -0.25) is 0 Å². The van der Waals surface area contributed by atoms with Crippen molar-refractivity contribution < 1.29 is 0 Å². The number of benzene rings is 5. The molecule has 0 aliphatic carbocycles. The van der Waals surface area contributed by atoms with Crippen molar-refractivity contribution in [2.24, 2.45) is 0 Å². The lowest BCUT2D eigenvalue weighted by Gasteiger charge is -2.25. The lowest BCUT2D eigenvalue weighted by atomic mass is 10.0. The van der Waals surface area contributed by atoms with Crippen LogP contribution in [0.15, 0.2) is 127 Å². The van der Waals surface area contributed by atoms with Crippen molar-refractivity contribution in [3.63, 3.8) is 0 Å².